The number of nitrogens with zero attached hydrogens (tertiary/aromatic N) is 2. The lowest BCUT2D eigenvalue weighted by Gasteiger charge is -2.35. The molecule has 3 N–H and O–H groups in total. The number of aliphatic hydroxyl groups is 1. The van der Waals surface area contributed by atoms with E-state index in [9.17, 15) is 5.11 Å². The molecule has 5 aromatic rings. The van der Waals surface area contributed by atoms with E-state index in [2.05, 4.69) is 80.4 Å². The van der Waals surface area contributed by atoms with Crippen molar-refractivity contribution in [3.63, 3.8) is 0 Å². The maximum atomic E-state index is 10.1. The van der Waals surface area contributed by atoms with Crippen molar-refractivity contribution in [2.45, 2.75) is 22.3 Å². The number of rotatable bonds is 6. The summed E-state index contributed by atoms with van der Waals surface area (Å²) in [5, 5.41) is 11.2. The summed E-state index contributed by atoms with van der Waals surface area (Å²) in [6, 6.07) is 24.1. The van der Waals surface area contributed by atoms with Gasteiger partial charge < -0.3 is 29.4 Å². The van der Waals surface area contributed by atoms with Crippen LogP contribution in [0.5, 0.6) is 5.75 Å². The zero-order valence-electron chi connectivity index (χ0n) is 24.1. The Balaban J connectivity index is 1.16. The molecule has 3 aliphatic rings. The Morgan fingerprint density at radius 2 is 1.63 bits per heavy atom. The Bertz CT molecular complexity index is 1850. The maximum absolute atomic E-state index is 10.1. The SMILES string of the molecule is COc1ccc2[nH]c(-c3ccc4c(c3)Sc3cc(-c5cc6c([nH]5)C=CC(O)C6)ccc3N4CCN3CCOCC3)cc2c1. The van der Waals surface area contributed by atoms with Crippen LogP contribution in [0.2, 0.25) is 0 Å². The Labute approximate surface area is 255 Å². The third-order valence-electron chi connectivity index (χ3n) is 8.76. The second kappa shape index (κ2) is 11.0. The number of fused-ring (bicyclic) bond motifs is 4. The average Bonchev–Trinajstić information content (AvgIpc) is 3.67. The second-order valence-corrected chi connectivity index (χ2v) is 12.5. The normalized spacial score (nSPS) is 18.0. The molecule has 3 aromatic carbocycles. The van der Waals surface area contributed by atoms with Crippen molar-refractivity contribution < 1.29 is 14.6 Å². The van der Waals surface area contributed by atoms with Gasteiger partial charge in [0, 0.05) is 70.4 Å². The number of hydrogen-bond donors (Lipinski definition) is 3. The molecule has 43 heavy (non-hydrogen) atoms. The summed E-state index contributed by atoms with van der Waals surface area (Å²) >= 11 is 1.84. The van der Waals surface area contributed by atoms with Gasteiger partial charge in [-0.2, -0.15) is 0 Å². The highest BCUT2D eigenvalue weighted by Crippen LogP contribution is 2.50. The second-order valence-electron chi connectivity index (χ2n) is 11.5. The lowest BCUT2D eigenvalue weighted by molar-refractivity contribution is 0.0394. The van der Waals surface area contributed by atoms with Gasteiger partial charge in [-0.3, -0.25) is 4.90 Å². The number of aliphatic hydroxyl groups excluding tert-OH is 1. The molecule has 0 saturated carbocycles. The molecule has 1 saturated heterocycles. The Morgan fingerprint density at radius 3 is 2.37 bits per heavy atom. The van der Waals surface area contributed by atoms with Crippen LogP contribution in [0, 0.1) is 0 Å². The van der Waals surface area contributed by atoms with Crippen LogP contribution in [0.15, 0.2) is 82.6 Å². The van der Waals surface area contributed by atoms with Crippen LogP contribution in [0.1, 0.15) is 11.3 Å². The van der Waals surface area contributed by atoms with E-state index in [0.717, 1.165) is 89.8 Å². The smallest absolute Gasteiger partial charge is 0.119 e. The number of benzene rings is 3. The number of ether oxygens (including phenoxy) is 2. The molecule has 8 rings (SSSR count). The molecule has 0 radical (unpaired) electrons. The molecule has 2 aromatic heterocycles. The van der Waals surface area contributed by atoms with Gasteiger partial charge in [-0.15, -0.1) is 0 Å². The molecule has 0 bridgehead atoms. The average molecular weight is 591 g/mol. The summed E-state index contributed by atoms with van der Waals surface area (Å²) in [7, 11) is 1.70. The highest BCUT2D eigenvalue weighted by Gasteiger charge is 2.26. The van der Waals surface area contributed by atoms with E-state index < -0.39 is 6.10 Å². The highest BCUT2D eigenvalue weighted by molar-refractivity contribution is 7.99. The van der Waals surface area contributed by atoms with Crippen LogP contribution in [0.25, 0.3) is 39.5 Å². The minimum absolute atomic E-state index is 0.416. The van der Waals surface area contributed by atoms with E-state index in [1.54, 1.807) is 7.11 Å². The molecule has 8 heteroatoms. The summed E-state index contributed by atoms with van der Waals surface area (Å²) in [6.07, 6.45) is 4.08. The fourth-order valence-corrected chi connectivity index (χ4v) is 7.58. The van der Waals surface area contributed by atoms with Crippen LogP contribution < -0.4 is 9.64 Å². The quantitative estimate of drug-likeness (QED) is 0.204. The van der Waals surface area contributed by atoms with Gasteiger partial charge in [-0.05, 0) is 77.4 Å². The van der Waals surface area contributed by atoms with Gasteiger partial charge in [0.1, 0.15) is 5.75 Å². The summed E-state index contributed by atoms with van der Waals surface area (Å²) in [5.41, 5.74) is 10.3. The molecular formula is C35H34N4O3S. The van der Waals surface area contributed by atoms with Crippen molar-refractivity contribution >= 4 is 40.1 Å². The van der Waals surface area contributed by atoms with Crippen molar-refractivity contribution in [2.75, 3.05) is 51.4 Å². The van der Waals surface area contributed by atoms with E-state index in [4.69, 9.17) is 9.47 Å². The van der Waals surface area contributed by atoms with Gasteiger partial charge in [0.25, 0.3) is 0 Å². The van der Waals surface area contributed by atoms with E-state index in [1.165, 1.54) is 21.2 Å². The number of hydrogen-bond acceptors (Lipinski definition) is 6. The van der Waals surface area contributed by atoms with Crippen molar-refractivity contribution in [1.82, 2.24) is 14.9 Å². The third kappa shape index (κ3) is 5.04. The molecule has 2 aliphatic heterocycles. The van der Waals surface area contributed by atoms with Gasteiger partial charge in [0.15, 0.2) is 0 Å². The molecule has 1 aliphatic carbocycles. The predicted octanol–water partition coefficient (Wildman–Crippen LogP) is 6.70. The molecule has 7 nitrogen and oxygen atoms in total. The van der Waals surface area contributed by atoms with Gasteiger partial charge in [0.05, 0.1) is 37.8 Å². The predicted molar refractivity (Wildman–Crippen MR) is 174 cm³/mol. The molecular weight excluding hydrogens is 556 g/mol. The summed E-state index contributed by atoms with van der Waals surface area (Å²) in [5.74, 6) is 0.859. The fourth-order valence-electron chi connectivity index (χ4n) is 6.41. The molecule has 218 valence electrons. The van der Waals surface area contributed by atoms with Crippen molar-refractivity contribution in [3.05, 3.63) is 84.1 Å². The monoisotopic (exact) mass is 590 g/mol. The number of nitrogens with one attached hydrogen (secondary N) is 2. The van der Waals surface area contributed by atoms with E-state index >= 15 is 0 Å². The Kier molecular flexibility index (Phi) is 6.79. The molecule has 1 atom stereocenters. The molecule has 0 amide bonds. The Hall–Kier alpha value is -3.95. The van der Waals surface area contributed by atoms with Crippen LogP contribution in [-0.2, 0) is 11.2 Å². The number of aromatic amines is 2. The van der Waals surface area contributed by atoms with Crippen molar-refractivity contribution in [2.24, 2.45) is 0 Å². The van der Waals surface area contributed by atoms with E-state index in [0.29, 0.717) is 6.42 Å². The number of H-pyrrole nitrogens is 2. The molecule has 1 unspecified atom stereocenters. The van der Waals surface area contributed by atoms with Crippen LogP contribution in [0.4, 0.5) is 11.4 Å². The first-order valence-electron chi connectivity index (χ1n) is 14.9. The zero-order valence-corrected chi connectivity index (χ0v) is 24.9. The first-order valence-corrected chi connectivity index (χ1v) is 15.7. The minimum atomic E-state index is -0.416. The number of methoxy groups -OCH3 is 1. The maximum Gasteiger partial charge on any atom is 0.119 e. The van der Waals surface area contributed by atoms with Gasteiger partial charge in [-0.25, -0.2) is 0 Å². The number of anilines is 2. The van der Waals surface area contributed by atoms with Gasteiger partial charge >= 0.3 is 0 Å². The fraction of sp³-hybridized carbons (Fsp3) is 0.257. The highest BCUT2D eigenvalue weighted by atomic mass is 32.2. The van der Waals surface area contributed by atoms with Crippen molar-refractivity contribution in [1.29, 1.82) is 0 Å². The van der Waals surface area contributed by atoms with Crippen LogP contribution in [-0.4, -0.2) is 72.6 Å². The number of morpholine rings is 1. The van der Waals surface area contributed by atoms with Crippen LogP contribution in [0.3, 0.4) is 0 Å². The Morgan fingerprint density at radius 1 is 0.884 bits per heavy atom. The molecule has 4 heterocycles. The lowest BCUT2D eigenvalue weighted by Crippen LogP contribution is -2.41. The van der Waals surface area contributed by atoms with Gasteiger partial charge in [-0.1, -0.05) is 30.0 Å². The van der Waals surface area contributed by atoms with Crippen molar-refractivity contribution in [3.8, 4) is 28.3 Å². The first-order chi connectivity index (χ1) is 21.1. The first kappa shape index (κ1) is 26.7. The lowest BCUT2D eigenvalue weighted by atomic mass is 10.0. The standard InChI is InChI=1S/C35H34N4O3S/c1-41-27-5-7-29-25(17-27)19-31(37-29)23-3-9-33-35(21-23)43-34-20-22(30-18-24-16-26(40)4-6-28(24)36-30)2-8-32(34)39(33)11-10-38-12-14-42-15-13-38/h2-9,17-21,26,36-37,40H,10-16H2,1H3. The molecule has 0 spiro atoms. The topological polar surface area (TPSA) is 76.8 Å². The summed E-state index contributed by atoms with van der Waals surface area (Å²) in [4.78, 5) is 14.7. The largest absolute Gasteiger partial charge is 0.497 e. The zero-order chi connectivity index (χ0) is 28.9. The van der Waals surface area contributed by atoms with Gasteiger partial charge in [0.2, 0.25) is 0 Å². The number of aromatic nitrogens is 2. The molecule has 1 fully saturated rings. The van der Waals surface area contributed by atoms with E-state index in [-0.39, 0.29) is 0 Å². The van der Waals surface area contributed by atoms with Crippen LogP contribution >= 0.6 is 11.8 Å². The minimum Gasteiger partial charge on any atom is -0.497 e. The van der Waals surface area contributed by atoms with E-state index in [1.807, 2.05) is 30.0 Å². The summed E-state index contributed by atoms with van der Waals surface area (Å²) < 4.78 is 11.0. The summed E-state index contributed by atoms with van der Waals surface area (Å²) in [6.45, 7) is 5.46. The third-order valence-corrected chi connectivity index (χ3v) is 9.86.